The maximum absolute atomic E-state index is 14.0. The molecule has 5 N–H and O–H groups in total. The largest absolute Gasteiger partial charge is 0.497 e. The first-order valence-electron chi connectivity index (χ1n) is 15.9. The van der Waals surface area contributed by atoms with E-state index in [4.69, 9.17) is 20.2 Å². The monoisotopic (exact) mass is 637 g/mol. The Balaban J connectivity index is 1.67. The van der Waals surface area contributed by atoms with E-state index in [0.29, 0.717) is 24.3 Å². The summed E-state index contributed by atoms with van der Waals surface area (Å²) >= 11 is 0. The summed E-state index contributed by atoms with van der Waals surface area (Å²) in [5, 5.41) is 15.5. The maximum Gasteiger partial charge on any atom is 0.405 e. The van der Waals surface area contributed by atoms with Gasteiger partial charge in [0.05, 0.1) is 24.9 Å². The topological polar surface area (TPSA) is 173 Å². The molecular formula is C34H47N5O7. The van der Waals surface area contributed by atoms with Crippen LogP contribution in [-0.2, 0) is 20.8 Å². The first-order valence-corrected chi connectivity index (χ1v) is 15.9. The third-order valence-corrected chi connectivity index (χ3v) is 8.94. The summed E-state index contributed by atoms with van der Waals surface area (Å²) in [4.78, 5) is 58.2. The standard InChI is InChI=1S/C34H47N5O7/c1-7-9-10-11-12-25-27(16-20-15-22(45-6)13-14-24(20)36-25)46-23-17-26(29(40)38-34(31(35)42)18-21(34)8-2)39(19-23)30(41)28(33(3,4)5)37-32(43)44/h8,13-16,21,23,26,28,37H,2,7,9-12,17-19H2,1,3-6H3,(H2,35,42)(H,38,40)(H,43,44)/t21-,23-,26+,28-,34-/m1/s1. The van der Waals surface area contributed by atoms with Crippen LogP contribution in [0.5, 0.6) is 11.5 Å². The first-order chi connectivity index (χ1) is 21.7. The van der Waals surface area contributed by atoms with Crippen LogP contribution in [-0.4, -0.2) is 76.2 Å². The number of primary amides is 1. The van der Waals surface area contributed by atoms with Crippen LogP contribution in [0.15, 0.2) is 36.9 Å². The number of nitrogens with one attached hydrogen (secondary N) is 2. The van der Waals surface area contributed by atoms with Crippen LogP contribution in [0.2, 0.25) is 0 Å². The van der Waals surface area contributed by atoms with Crippen molar-refractivity contribution in [1.82, 2.24) is 20.5 Å². The van der Waals surface area contributed by atoms with Gasteiger partial charge >= 0.3 is 6.09 Å². The van der Waals surface area contributed by atoms with Crippen LogP contribution < -0.4 is 25.8 Å². The Kier molecular flexibility index (Phi) is 10.5. The molecule has 46 heavy (non-hydrogen) atoms. The highest BCUT2D eigenvalue weighted by molar-refractivity contribution is 5.98. The molecule has 0 radical (unpaired) electrons. The van der Waals surface area contributed by atoms with Gasteiger partial charge in [-0.3, -0.25) is 14.4 Å². The Labute approximate surface area is 270 Å². The average Bonchev–Trinajstić information content (AvgIpc) is 3.56. The van der Waals surface area contributed by atoms with Gasteiger partial charge < -0.3 is 35.8 Å². The number of aryl methyl sites for hydroxylation is 1. The second kappa shape index (κ2) is 14.0. The smallest absolute Gasteiger partial charge is 0.405 e. The van der Waals surface area contributed by atoms with Gasteiger partial charge in [0.15, 0.2) is 0 Å². The molecule has 0 bridgehead atoms. The minimum absolute atomic E-state index is 0.0185. The van der Waals surface area contributed by atoms with Crippen molar-refractivity contribution in [2.45, 2.75) is 96.4 Å². The summed E-state index contributed by atoms with van der Waals surface area (Å²) in [5.41, 5.74) is 5.17. The van der Waals surface area contributed by atoms with Gasteiger partial charge in [0.25, 0.3) is 0 Å². The number of amides is 4. The summed E-state index contributed by atoms with van der Waals surface area (Å²) < 4.78 is 12.0. The van der Waals surface area contributed by atoms with Crippen molar-refractivity contribution in [3.63, 3.8) is 0 Å². The lowest BCUT2D eigenvalue weighted by Gasteiger charge is -2.34. The number of fused-ring (bicyclic) bond motifs is 1. The fourth-order valence-corrected chi connectivity index (χ4v) is 6.16. The second-order valence-corrected chi connectivity index (χ2v) is 13.4. The summed E-state index contributed by atoms with van der Waals surface area (Å²) in [7, 11) is 1.59. The molecule has 2 aromatic rings. The van der Waals surface area contributed by atoms with Gasteiger partial charge in [-0.2, -0.15) is 0 Å². The molecule has 1 saturated carbocycles. The van der Waals surface area contributed by atoms with E-state index in [2.05, 4.69) is 24.1 Å². The number of carbonyl (C=O) groups is 4. The molecule has 4 rings (SSSR count). The highest BCUT2D eigenvalue weighted by atomic mass is 16.5. The number of nitrogens with zero attached hydrogens (tertiary/aromatic N) is 2. The van der Waals surface area contributed by atoms with E-state index in [1.807, 2.05) is 24.3 Å². The number of ether oxygens (including phenoxy) is 2. The molecule has 12 nitrogen and oxygen atoms in total. The number of pyridine rings is 1. The molecule has 0 unspecified atom stereocenters. The number of rotatable bonds is 14. The molecule has 12 heteroatoms. The quantitative estimate of drug-likeness (QED) is 0.178. The zero-order valence-corrected chi connectivity index (χ0v) is 27.4. The van der Waals surface area contributed by atoms with Crippen LogP contribution in [0.1, 0.15) is 71.9 Å². The fourth-order valence-electron chi connectivity index (χ4n) is 6.16. The molecule has 1 aromatic heterocycles. The van der Waals surface area contributed by atoms with Gasteiger partial charge in [-0.15, -0.1) is 6.58 Å². The molecule has 2 fully saturated rings. The van der Waals surface area contributed by atoms with Crippen LogP contribution in [0.3, 0.4) is 0 Å². The number of carboxylic acid groups (broad SMARTS) is 1. The summed E-state index contributed by atoms with van der Waals surface area (Å²) in [6.45, 7) is 11.1. The van der Waals surface area contributed by atoms with Gasteiger partial charge in [0, 0.05) is 17.7 Å². The Morgan fingerprint density at radius 2 is 1.96 bits per heavy atom. The lowest BCUT2D eigenvalue weighted by molar-refractivity contribution is -0.142. The predicted molar refractivity (Wildman–Crippen MR) is 173 cm³/mol. The number of unbranched alkanes of at least 4 members (excludes halogenated alkanes) is 3. The molecule has 5 atom stereocenters. The van der Waals surface area contributed by atoms with Crippen molar-refractivity contribution in [3.8, 4) is 11.5 Å². The number of likely N-dealkylation sites (tertiary alicyclic amines) is 1. The van der Waals surface area contributed by atoms with E-state index in [-0.39, 0.29) is 18.9 Å². The zero-order valence-electron chi connectivity index (χ0n) is 27.4. The van der Waals surface area contributed by atoms with Gasteiger partial charge in [-0.05, 0) is 48.9 Å². The molecule has 1 aliphatic carbocycles. The van der Waals surface area contributed by atoms with E-state index in [9.17, 15) is 24.3 Å². The van der Waals surface area contributed by atoms with Crippen molar-refractivity contribution in [3.05, 3.63) is 42.6 Å². The molecule has 1 aliphatic heterocycles. The summed E-state index contributed by atoms with van der Waals surface area (Å²) in [6, 6.07) is 5.35. The lowest BCUT2D eigenvalue weighted by Crippen LogP contribution is -2.59. The summed E-state index contributed by atoms with van der Waals surface area (Å²) in [6.07, 6.45) is 4.89. The van der Waals surface area contributed by atoms with Crippen molar-refractivity contribution >= 4 is 34.7 Å². The second-order valence-electron chi connectivity index (χ2n) is 13.4. The number of hydrogen-bond acceptors (Lipinski definition) is 7. The maximum atomic E-state index is 14.0. The average molecular weight is 638 g/mol. The number of nitrogens with two attached hydrogens (primary N) is 1. The van der Waals surface area contributed by atoms with Gasteiger partial charge in [0.2, 0.25) is 17.7 Å². The molecule has 4 amide bonds. The Morgan fingerprint density at radius 1 is 1.22 bits per heavy atom. The minimum Gasteiger partial charge on any atom is -0.497 e. The van der Waals surface area contributed by atoms with Crippen molar-refractivity contribution in [2.75, 3.05) is 13.7 Å². The predicted octanol–water partition coefficient (Wildman–Crippen LogP) is 3.94. The lowest BCUT2D eigenvalue weighted by atomic mass is 9.85. The number of carbonyl (C=O) groups excluding carboxylic acids is 3. The zero-order chi connectivity index (χ0) is 33.8. The summed E-state index contributed by atoms with van der Waals surface area (Å²) in [5.74, 6) is -0.906. The Bertz CT molecular complexity index is 1490. The molecule has 0 spiro atoms. The highest BCUT2D eigenvalue weighted by Crippen LogP contribution is 2.44. The van der Waals surface area contributed by atoms with Crippen LogP contribution in [0.4, 0.5) is 4.79 Å². The number of hydrogen-bond donors (Lipinski definition) is 4. The first kappa shape index (κ1) is 34.5. The Hall–Kier alpha value is -4.35. The van der Waals surface area contributed by atoms with Gasteiger partial charge in [-0.1, -0.05) is 53.0 Å². The SMILES string of the molecule is C=C[C@@H]1C[C@]1(NC(=O)[C@@H]1C[C@@H](Oc2cc3cc(OC)ccc3nc2CCCCCC)CN1C(=O)[C@@H](NC(=O)O)C(C)(C)C)C(N)=O. The fraction of sp³-hybridized carbons (Fsp3) is 0.559. The molecule has 2 aliphatic rings. The van der Waals surface area contributed by atoms with E-state index in [1.54, 1.807) is 34.0 Å². The number of aromatic nitrogens is 1. The third kappa shape index (κ3) is 7.54. The number of methoxy groups -OCH3 is 1. The molecule has 250 valence electrons. The Morgan fingerprint density at radius 3 is 2.54 bits per heavy atom. The minimum atomic E-state index is -1.36. The van der Waals surface area contributed by atoms with Crippen LogP contribution >= 0.6 is 0 Å². The molecule has 1 aromatic carbocycles. The van der Waals surface area contributed by atoms with Crippen molar-refractivity contribution in [1.29, 1.82) is 0 Å². The number of benzene rings is 1. The third-order valence-electron chi connectivity index (χ3n) is 8.94. The highest BCUT2D eigenvalue weighted by Gasteiger charge is 2.60. The van der Waals surface area contributed by atoms with Crippen molar-refractivity contribution < 1.29 is 33.8 Å². The molecule has 2 heterocycles. The van der Waals surface area contributed by atoms with E-state index < -0.39 is 53.0 Å². The van der Waals surface area contributed by atoms with Crippen LogP contribution in [0.25, 0.3) is 10.9 Å². The van der Waals surface area contributed by atoms with E-state index >= 15 is 0 Å². The van der Waals surface area contributed by atoms with E-state index in [0.717, 1.165) is 42.3 Å². The normalized spacial score (nSPS) is 23.0. The van der Waals surface area contributed by atoms with E-state index in [1.165, 1.54) is 4.90 Å². The van der Waals surface area contributed by atoms with Gasteiger partial charge in [-0.25, -0.2) is 9.78 Å². The van der Waals surface area contributed by atoms with Gasteiger partial charge in [0.1, 0.15) is 35.2 Å². The van der Waals surface area contributed by atoms with Crippen molar-refractivity contribution in [2.24, 2.45) is 17.1 Å². The molecular weight excluding hydrogens is 590 g/mol. The molecule has 1 saturated heterocycles. The van der Waals surface area contributed by atoms with Crippen LogP contribution in [0, 0.1) is 11.3 Å².